The SMILES string of the molecule is C=Cc1c(F)c(Cl)c(-c2cn3cc(NC=O)nc3cn2)c2cn[nH]c12. The van der Waals surface area contributed by atoms with Crippen molar-refractivity contribution in [1.29, 1.82) is 0 Å². The number of hydrogen-bond donors (Lipinski definition) is 2. The first-order valence-corrected chi connectivity index (χ1v) is 7.53. The standard InChI is InChI=1S/C16H10ClFN6O/c1-2-8-15(18)14(17)13(9-3-21-23-16(8)9)10-5-24-6-11(20-7-25)22-12(24)4-19-10/h2-7H,1H2,(H,20,25)(H,21,23). The number of hydrogen-bond acceptors (Lipinski definition) is 4. The fourth-order valence-electron chi connectivity index (χ4n) is 2.74. The molecule has 0 spiro atoms. The van der Waals surface area contributed by atoms with Gasteiger partial charge in [0.25, 0.3) is 0 Å². The van der Waals surface area contributed by atoms with Gasteiger partial charge in [0.15, 0.2) is 17.3 Å². The van der Waals surface area contributed by atoms with Crippen LogP contribution in [0.25, 0.3) is 33.9 Å². The Morgan fingerprint density at radius 2 is 2.20 bits per heavy atom. The van der Waals surface area contributed by atoms with Crippen LogP contribution in [0, 0.1) is 5.82 Å². The molecule has 0 saturated heterocycles. The molecule has 0 bridgehead atoms. The highest BCUT2D eigenvalue weighted by molar-refractivity contribution is 6.35. The number of aromatic amines is 1. The number of nitrogens with one attached hydrogen (secondary N) is 2. The van der Waals surface area contributed by atoms with Crippen LogP contribution in [0.1, 0.15) is 5.56 Å². The number of carbonyl (C=O) groups excluding carboxylic acids is 1. The molecule has 0 aliphatic heterocycles. The van der Waals surface area contributed by atoms with Gasteiger partial charge in [-0.1, -0.05) is 24.3 Å². The van der Waals surface area contributed by atoms with Crippen molar-refractivity contribution in [3.63, 3.8) is 0 Å². The van der Waals surface area contributed by atoms with E-state index in [-0.39, 0.29) is 10.6 Å². The Bertz CT molecular complexity index is 1150. The highest BCUT2D eigenvalue weighted by Gasteiger charge is 2.20. The average molecular weight is 357 g/mol. The maximum atomic E-state index is 14.6. The summed E-state index contributed by atoms with van der Waals surface area (Å²) in [6.45, 7) is 3.62. The summed E-state index contributed by atoms with van der Waals surface area (Å²) >= 11 is 6.27. The topological polar surface area (TPSA) is 88.0 Å². The molecule has 0 aliphatic rings. The number of carbonyl (C=O) groups is 1. The molecule has 25 heavy (non-hydrogen) atoms. The van der Waals surface area contributed by atoms with Crippen molar-refractivity contribution < 1.29 is 9.18 Å². The van der Waals surface area contributed by atoms with Gasteiger partial charge < -0.3 is 9.72 Å². The van der Waals surface area contributed by atoms with E-state index in [0.717, 1.165) is 0 Å². The third-order valence-corrected chi connectivity index (χ3v) is 4.19. The molecule has 4 rings (SSSR count). The van der Waals surface area contributed by atoms with Crippen LogP contribution in [-0.2, 0) is 4.79 Å². The maximum Gasteiger partial charge on any atom is 0.212 e. The summed E-state index contributed by atoms with van der Waals surface area (Å²) in [5.41, 5.74) is 2.11. The van der Waals surface area contributed by atoms with Gasteiger partial charge in [0, 0.05) is 22.7 Å². The van der Waals surface area contributed by atoms with Crippen LogP contribution in [0.2, 0.25) is 5.02 Å². The van der Waals surface area contributed by atoms with Crippen LogP contribution in [-0.4, -0.2) is 31.0 Å². The molecule has 0 unspecified atom stereocenters. The van der Waals surface area contributed by atoms with Gasteiger partial charge in [-0.15, -0.1) is 0 Å². The Morgan fingerprint density at radius 1 is 1.36 bits per heavy atom. The Morgan fingerprint density at radius 3 is 2.96 bits per heavy atom. The van der Waals surface area contributed by atoms with E-state index >= 15 is 0 Å². The molecular formula is C16H10ClFN6O. The Labute approximate surface area is 145 Å². The van der Waals surface area contributed by atoms with Crippen molar-refractivity contribution in [2.75, 3.05) is 5.32 Å². The summed E-state index contributed by atoms with van der Waals surface area (Å²) in [5.74, 6) is -0.221. The first-order chi connectivity index (χ1) is 12.1. The lowest BCUT2D eigenvalue weighted by atomic mass is 10.0. The number of nitrogens with zero attached hydrogens (tertiary/aromatic N) is 4. The van der Waals surface area contributed by atoms with Crippen LogP contribution in [0.4, 0.5) is 10.2 Å². The summed E-state index contributed by atoms with van der Waals surface area (Å²) in [6, 6.07) is 0. The van der Waals surface area contributed by atoms with Crippen LogP contribution in [0.5, 0.6) is 0 Å². The zero-order chi connectivity index (χ0) is 17.6. The summed E-state index contributed by atoms with van der Waals surface area (Å²) in [4.78, 5) is 19.0. The van der Waals surface area contributed by atoms with Crippen molar-refractivity contribution in [2.24, 2.45) is 0 Å². The zero-order valence-corrected chi connectivity index (χ0v) is 13.4. The number of amides is 1. The number of benzene rings is 1. The molecule has 0 atom stereocenters. The maximum absolute atomic E-state index is 14.6. The second-order valence-electron chi connectivity index (χ2n) is 5.21. The van der Waals surface area contributed by atoms with E-state index in [4.69, 9.17) is 11.6 Å². The lowest BCUT2D eigenvalue weighted by molar-refractivity contribution is -0.105. The molecule has 0 radical (unpaired) electrons. The van der Waals surface area contributed by atoms with Crippen molar-refractivity contribution in [1.82, 2.24) is 24.6 Å². The Balaban J connectivity index is 1.99. The van der Waals surface area contributed by atoms with Crippen LogP contribution >= 0.6 is 11.6 Å². The number of halogens is 2. The predicted octanol–water partition coefficient (Wildman–Crippen LogP) is 3.28. The van der Waals surface area contributed by atoms with Gasteiger partial charge in [0.05, 0.1) is 34.8 Å². The predicted molar refractivity (Wildman–Crippen MR) is 92.8 cm³/mol. The monoisotopic (exact) mass is 356 g/mol. The molecule has 3 aromatic heterocycles. The van der Waals surface area contributed by atoms with Crippen molar-refractivity contribution >= 4 is 46.5 Å². The van der Waals surface area contributed by atoms with Gasteiger partial charge in [-0.25, -0.2) is 9.37 Å². The number of imidazole rings is 1. The van der Waals surface area contributed by atoms with Crippen LogP contribution in [0.15, 0.2) is 31.4 Å². The molecule has 124 valence electrons. The third kappa shape index (κ3) is 2.26. The van der Waals surface area contributed by atoms with Gasteiger partial charge in [0.2, 0.25) is 6.41 Å². The van der Waals surface area contributed by atoms with E-state index in [1.807, 2.05) is 0 Å². The van der Waals surface area contributed by atoms with Crippen molar-refractivity contribution in [3.05, 3.63) is 47.8 Å². The number of aromatic nitrogens is 5. The molecule has 3 heterocycles. The summed E-state index contributed by atoms with van der Waals surface area (Å²) in [5, 5.41) is 9.76. The second kappa shape index (κ2) is 5.67. The first kappa shape index (κ1) is 15.3. The number of H-pyrrole nitrogens is 1. The minimum absolute atomic E-state index is 0.0676. The second-order valence-corrected chi connectivity index (χ2v) is 5.58. The number of rotatable bonds is 4. The van der Waals surface area contributed by atoms with E-state index in [9.17, 15) is 9.18 Å². The molecule has 0 saturated carbocycles. The third-order valence-electron chi connectivity index (χ3n) is 3.84. The Hall–Kier alpha value is -3.26. The lowest BCUT2D eigenvalue weighted by Gasteiger charge is -2.10. The molecule has 0 fully saturated rings. The molecule has 9 heteroatoms. The van der Waals surface area contributed by atoms with Gasteiger partial charge >= 0.3 is 0 Å². The minimum Gasteiger partial charge on any atom is -0.312 e. The highest BCUT2D eigenvalue weighted by Crippen LogP contribution is 2.38. The smallest absolute Gasteiger partial charge is 0.212 e. The quantitative estimate of drug-likeness (QED) is 0.549. The molecule has 1 amide bonds. The molecule has 0 aliphatic carbocycles. The van der Waals surface area contributed by atoms with E-state index in [1.54, 1.807) is 23.0 Å². The minimum atomic E-state index is -0.598. The van der Waals surface area contributed by atoms with Gasteiger partial charge in [-0.3, -0.25) is 14.9 Å². The normalized spacial score (nSPS) is 11.1. The average Bonchev–Trinajstić information content (AvgIpc) is 3.22. The fraction of sp³-hybridized carbons (Fsp3) is 0. The van der Waals surface area contributed by atoms with Crippen molar-refractivity contribution in [2.45, 2.75) is 0 Å². The van der Waals surface area contributed by atoms with Crippen LogP contribution < -0.4 is 5.32 Å². The van der Waals surface area contributed by atoms with Gasteiger partial charge in [0.1, 0.15) is 0 Å². The summed E-state index contributed by atoms with van der Waals surface area (Å²) < 4.78 is 16.3. The van der Waals surface area contributed by atoms with E-state index in [2.05, 4.69) is 32.1 Å². The van der Waals surface area contributed by atoms with Gasteiger partial charge in [-0.05, 0) is 0 Å². The van der Waals surface area contributed by atoms with Gasteiger partial charge in [-0.2, -0.15) is 5.10 Å². The first-order valence-electron chi connectivity index (χ1n) is 7.15. The molecule has 7 nitrogen and oxygen atoms in total. The van der Waals surface area contributed by atoms with E-state index in [1.165, 1.54) is 12.3 Å². The molecule has 4 aromatic rings. The summed E-state index contributed by atoms with van der Waals surface area (Å²) in [7, 11) is 0. The fourth-order valence-corrected chi connectivity index (χ4v) is 3.04. The lowest BCUT2D eigenvalue weighted by Crippen LogP contribution is -1.95. The molecular weight excluding hydrogens is 347 g/mol. The van der Waals surface area contributed by atoms with E-state index < -0.39 is 5.82 Å². The molecule has 1 aromatic carbocycles. The van der Waals surface area contributed by atoms with E-state index in [0.29, 0.717) is 40.0 Å². The number of fused-ring (bicyclic) bond motifs is 2. The number of anilines is 1. The van der Waals surface area contributed by atoms with Crippen LogP contribution in [0.3, 0.4) is 0 Å². The largest absolute Gasteiger partial charge is 0.312 e. The van der Waals surface area contributed by atoms with Crippen molar-refractivity contribution in [3.8, 4) is 11.3 Å². The highest BCUT2D eigenvalue weighted by atomic mass is 35.5. The molecule has 2 N–H and O–H groups in total. The zero-order valence-electron chi connectivity index (χ0n) is 12.6. The summed E-state index contributed by atoms with van der Waals surface area (Å²) in [6.07, 6.45) is 8.25. The Kier molecular flexibility index (Phi) is 3.47.